The van der Waals surface area contributed by atoms with Crippen LogP contribution in [-0.2, 0) is 16.1 Å². The second kappa shape index (κ2) is 7.38. The highest BCUT2D eigenvalue weighted by molar-refractivity contribution is 5.78. The number of rotatable bonds is 4. The van der Waals surface area contributed by atoms with E-state index in [1.807, 2.05) is 29.2 Å². The first kappa shape index (κ1) is 17.0. The van der Waals surface area contributed by atoms with Crippen LogP contribution in [-0.4, -0.2) is 58.1 Å². The van der Waals surface area contributed by atoms with Crippen molar-refractivity contribution in [2.75, 3.05) is 26.7 Å². The summed E-state index contributed by atoms with van der Waals surface area (Å²) in [6.07, 6.45) is 3.42. The van der Waals surface area contributed by atoms with Gasteiger partial charge in [-0.3, -0.25) is 14.3 Å². The molecule has 0 radical (unpaired) electrons. The van der Waals surface area contributed by atoms with E-state index in [0.29, 0.717) is 19.6 Å². The summed E-state index contributed by atoms with van der Waals surface area (Å²) in [5.41, 5.74) is 0.907. The van der Waals surface area contributed by atoms with E-state index < -0.39 is 0 Å². The Labute approximate surface area is 146 Å². The summed E-state index contributed by atoms with van der Waals surface area (Å²) < 4.78 is 7.08. The molecule has 1 fully saturated rings. The summed E-state index contributed by atoms with van der Waals surface area (Å²) >= 11 is 0. The van der Waals surface area contributed by atoms with Gasteiger partial charge < -0.3 is 14.5 Å². The van der Waals surface area contributed by atoms with Crippen molar-refractivity contribution in [2.45, 2.75) is 19.5 Å². The highest BCUT2D eigenvalue weighted by Crippen LogP contribution is 2.32. The maximum atomic E-state index is 12.8. The molecular formula is C18H22N4O3. The summed E-state index contributed by atoms with van der Waals surface area (Å²) in [5, 5.41) is 4.11. The highest BCUT2D eigenvalue weighted by atomic mass is 16.5. The van der Waals surface area contributed by atoms with Crippen molar-refractivity contribution in [1.29, 1.82) is 0 Å². The summed E-state index contributed by atoms with van der Waals surface area (Å²) in [7, 11) is 1.61. The zero-order valence-corrected chi connectivity index (χ0v) is 14.5. The number of ether oxygens (including phenoxy) is 1. The van der Waals surface area contributed by atoms with Crippen molar-refractivity contribution in [2.24, 2.45) is 0 Å². The Balaban J connectivity index is 1.89. The van der Waals surface area contributed by atoms with Gasteiger partial charge >= 0.3 is 0 Å². The van der Waals surface area contributed by atoms with E-state index in [1.165, 1.54) is 0 Å². The molecule has 1 aromatic carbocycles. The molecular weight excluding hydrogens is 320 g/mol. The molecule has 7 heteroatoms. The lowest BCUT2D eigenvalue weighted by molar-refractivity contribution is -0.142. The smallest absolute Gasteiger partial charge is 0.244 e. The quantitative estimate of drug-likeness (QED) is 0.840. The topological polar surface area (TPSA) is 67.7 Å². The number of methoxy groups -OCH3 is 1. The molecule has 1 atom stereocenters. The largest absolute Gasteiger partial charge is 0.496 e. The fourth-order valence-electron chi connectivity index (χ4n) is 3.20. The Hall–Kier alpha value is -2.83. The van der Waals surface area contributed by atoms with E-state index in [9.17, 15) is 9.59 Å². The molecule has 3 rings (SSSR count). The van der Waals surface area contributed by atoms with Crippen LogP contribution in [0.3, 0.4) is 0 Å². The molecule has 7 nitrogen and oxygen atoms in total. The van der Waals surface area contributed by atoms with E-state index in [0.717, 1.165) is 11.3 Å². The lowest BCUT2D eigenvalue weighted by Gasteiger charge is -2.41. The number of piperazine rings is 1. The highest BCUT2D eigenvalue weighted by Gasteiger charge is 2.34. The summed E-state index contributed by atoms with van der Waals surface area (Å²) in [5.74, 6) is 0.705. The lowest BCUT2D eigenvalue weighted by atomic mass is 10.0. The summed E-state index contributed by atoms with van der Waals surface area (Å²) in [4.78, 5) is 28.3. The van der Waals surface area contributed by atoms with Crippen LogP contribution in [0.15, 0.2) is 42.7 Å². The molecule has 0 aliphatic carbocycles. The van der Waals surface area contributed by atoms with Gasteiger partial charge in [-0.05, 0) is 12.1 Å². The maximum absolute atomic E-state index is 12.8. The number of para-hydroxylation sites is 1. The second-order valence-corrected chi connectivity index (χ2v) is 6.01. The first-order valence-electron chi connectivity index (χ1n) is 8.25. The van der Waals surface area contributed by atoms with Crippen LogP contribution in [0.1, 0.15) is 18.5 Å². The minimum Gasteiger partial charge on any atom is -0.496 e. The predicted octanol–water partition coefficient (Wildman–Crippen LogP) is 1.32. The van der Waals surface area contributed by atoms with Crippen LogP contribution in [0.4, 0.5) is 0 Å². The number of amides is 2. The van der Waals surface area contributed by atoms with E-state index in [2.05, 4.69) is 5.10 Å². The van der Waals surface area contributed by atoms with Gasteiger partial charge in [0.15, 0.2) is 0 Å². The van der Waals surface area contributed by atoms with Crippen LogP contribution < -0.4 is 4.74 Å². The molecule has 2 heterocycles. The molecule has 0 spiro atoms. The molecule has 0 bridgehead atoms. The number of aromatic nitrogens is 2. The van der Waals surface area contributed by atoms with Crippen LogP contribution in [0, 0.1) is 0 Å². The van der Waals surface area contributed by atoms with Gasteiger partial charge in [-0.2, -0.15) is 5.10 Å². The number of benzene rings is 1. The summed E-state index contributed by atoms with van der Waals surface area (Å²) in [6, 6.07) is 9.18. The molecule has 2 aromatic rings. The van der Waals surface area contributed by atoms with Gasteiger partial charge in [-0.15, -0.1) is 0 Å². The van der Waals surface area contributed by atoms with Gasteiger partial charge in [0.2, 0.25) is 11.8 Å². The molecule has 0 saturated carbocycles. The monoisotopic (exact) mass is 342 g/mol. The normalized spacial score (nSPS) is 17.4. The fourth-order valence-corrected chi connectivity index (χ4v) is 3.20. The van der Waals surface area contributed by atoms with Crippen LogP contribution in [0.2, 0.25) is 0 Å². The Morgan fingerprint density at radius 1 is 1.24 bits per heavy atom. The van der Waals surface area contributed by atoms with Gasteiger partial charge in [0, 0.05) is 44.5 Å². The van der Waals surface area contributed by atoms with Crippen molar-refractivity contribution in [3.05, 3.63) is 48.3 Å². The van der Waals surface area contributed by atoms with Gasteiger partial charge in [-0.25, -0.2) is 0 Å². The number of hydrogen-bond acceptors (Lipinski definition) is 4. The zero-order valence-electron chi connectivity index (χ0n) is 14.5. The molecule has 2 amide bonds. The molecule has 1 aliphatic heterocycles. The number of nitrogens with zero attached hydrogens (tertiary/aromatic N) is 4. The lowest BCUT2D eigenvalue weighted by Crippen LogP contribution is -2.52. The standard InChI is InChI=1S/C18H22N4O3/c1-14(23)20-10-11-22(18(24)13-21-9-5-8-19-21)16(12-20)15-6-3-4-7-17(15)25-2/h3-9,16H,10-13H2,1-2H3/t16-/m0/s1. The molecule has 25 heavy (non-hydrogen) atoms. The molecule has 1 aliphatic rings. The molecule has 0 N–H and O–H groups in total. The van der Waals surface area contributed by atoms with Crippen LogP contribution >= 0.6 is 0 Å². The summed E-state index contributed by atoms with van der Waals surface area (Å²) in [6.45, 7) is 3.22. The van der Waals surface area contributed by atoms with Gasteiger partial charge in [0.25, 0.3) is 0 Å². The third-order valence-corrected chi connectivity index (χ3v) is 4.50. The molecule has 1 aromatic heterocycles. The fraction of sp³-hybridized carbons (Fsp3) is 0.389. The van der Waals surface area contributed by atoms with E-state index >= 15 is 0 Å². The first-order valence-corrected chi connectivity index (χ1v) is 8.25. The van der Waals surface area contributed by atoms with Crippen molar-refractivity contribution in [3.8, 4) is 5.75 Å². The third-order valence-electron chi connectivity index (χ3n) is 4.50. The Kier molecular flexibility index (Phi) is 5.02. The average molecular weight is 342 g/mol. The van der Waals surface area contributed by atoms with Crippen LogP contribution in [0.25, 0.3) is 0 Å². The Morgan fingerprint density at radius 2 is 2.04 bits per heavy atom. The zero-order chi connectivity index (χ0) is 17.8. The number of carbonyl (C=O) groups excluding carboxylic acids is 2. The maximum Gasteiger partial charge on any atom is 0.244 e. The van der Waals surface area contributed by atoms with Gasteiger partial charge in [0.05, 0.1) is 13.2 Å². The van der Waals surface area contributed by atoms with Crippen LogP contribution in [0.5, 0.6) is 5.75 Å². The third kappa shape index (κ3) is 3.65. The SMILES string of the molecule is COc1ccccc1[C@@H]1CN(C(C)=O)CCN1C(=O)Cn1cccn1. The van der Waals surface area contributed by atoms with E-state index in [1.54, 1.807) is 42.1 Å². The molecule has 0 unspecified atom stereocenters. The minimum absolute atomic E-state index is 0.0130. The number of carbonyl (C=O) groups is 2. The van der Waals surface area contributed by atoms with Crippen molar-refractivity contribution >= 4 is 11.8 Å². The molecule has 132 valence electrons. The first-order chi connectivity index (χ1) is 12.1. The second-order valence-electron chi connectivity index (χ2n) is 6.01. The predicted molar refractivity (Wildman–Crippen MR) is 91.9 cm³/mol. The van der Waals surface area contributed by atoms with Gasteiger partial charge in [-0.1, -0.05) is 18.2 Å². The Morgan fingerprint density at radius 3 is 2.72 bits per heavy atom. The van der Waals surface area contributed by atoms with Crippen molar-refractivity contribution in [1.82, 2.24) is 19.6 Å². The Bertz CT molecular complexity index is 745. The van der Waals surface area contributed by atoms with E-state index in [4.69, 9.17) is 4.74 Å². The van der Waals surface area contributed by atoms with E-state index in [-0.39, 0.29) is 24.4 Å². The molecule has 1 saturated heterocycles. The number of hydrogen-bond donors (Lipinski definition) is 0. The average Bonchev–Trinajstić information content (AvgIpc) is 3.14. The van der Waals surface area contributed by atoms with Gasteiger partial charge in [0.1, 0.15) is 12.3 Å². The van der Waals surface area contributed by atoms with Crippen molar-refractivity contribution < 1.29 is 14.3 Å². The van der Waals surface area contributed by atoms with Crippen molar-refractivity contribution in [3.63, 3.8) is 0 Å². The minimum atomic E-state index is -0.239.